The third-order valence-corrected chi connectivity index (χ3v) is 4.87. The Kier molecular flexibility index (Phi) is 5.26. The molecule has 1 aliphatic rings. The number of halogens is 1. The quantitative estimate of drug-likeness (QED) is 0.848. The van der Waals surface area contributed by atoms with Crippen molar-refractivity contribution in [2.24, 2.45) is 17.1 Å². The molecule has 1 saturated carbocycles. The minimum atomic E-state index is -0.300. The van der Waals surface area contributed by atoms with Gasteiger partial charge in [-0.05, 0) is 54.7 Å². The molecule has 1 unspecified atom stereocenters. The molecular formula is C18H28FNO. The van der Waals surface area contributed by atoms with E-state index in [1.54, 1.807) is 12.1 Å². The van der Waals surface area contributed by atoms with Crippen LogP contribution in [0.1, 0.15) is 51.5 Å². The van der Waals surface area contributed by atoms with Gasteiger partial charge in [-0.15, -0.1) is 0 Å². The van der Waals surface area contributed by atoms with Gasteiger partial charge in [-0.25, -0.2) is 4.39 Å². The molecule has 1 aromatic rings. The van der Waals surface area contributed by atoms with E-state index in [4.69, 9.17) is 10.5 Å². The maximum atomic E-state index is 13.8. The fraction of sp³-hybridized carbons (Fsp3) is 0.667. The Labute approximate surface area is 127 Å². The first-order valence-electron chi connectivity index (χ1n) is 8.05. The maximum absolute atomic E-state index is 13.8. The van der Waals surface area contributed by atoms with Gasteiger partial charge in [0.05, 0.1) is 7.11 Å². The first-order chi connectivity index (χ1) is 9.97. The van der Waals surface area contributed by atoms with Crippen molar-refractivity contribution in [1.82, 2.24) is 0 Å². The molecule has 0 aromatic heterocycles. The summed E-state index contributed by atoms with van der Waals surface area (Å²) < 4.78 is 18.8. The molecule has 3 heteroatoms. The first kappa shape index (κ1) is 16.3. The standard InChI is InChI=1S/C18H28FNO/c1-13(2)12-18(8-4-5-9-18)17(20)11-14-6-7-16(21-3)15(19)10-14/h6-7,10,13,17H,4-5,8-9,11-12,20H2,1-3H3. The van der Waals surface area contributed by atoms with E-state index in [-0.39, 0.29) is 17.3 Å². The average Bonchev–Trinajstić information content (AvgIpc) is 2.88. The molecule has 2 nitrogen and oxygen atoms in total. The average molecular weight is 293 g/mol. The molecule has 1 fully saturated rings. The fourth-order valence-corrected chi connectivity index (χ4v) is 3.93. The lowest BCUT2D eigenvalue weighted by molar-refractivity contribution is 0.181. The molecule has 0 saturated heterocycles. The van der Waals surface area contributed by atoms with Gasteiger partial charge < -0.3 is 10.5 Å². The van der Waals surface area contributed by atoms with Crippen LogP contribution in [0.15, 0.2) is 18.2 Å². The molecule has 0 bridgehead atoms. The van der Waals surface area contributed by atoms with Crippen LogP contribution in [0.3, 0.4) is 0 Å². The zero-order valence-corrected chi connectivity index (χ0v) is 13.5. The zero-order chi connectivity index (χ0) is 15.5. The minimum absolute atomic E-state index is 0.107. The van der Waals surface area contributed by atoms with Crippen molar-refractivity contribution in [1.29, 1.82) is 0 Å². The number of methoxy groups -OCH3 is 1. The van der Waals surface area contributed by atoms with Crippen LogP contribution in [-0.4, -0.2) is 13.2 Å². The Morgan fingerprint density at radius 1 is 1.29 bits per heavy atom. The van der Waals surface area contributed by atoms with Crippen molar-refractivity contribution in [3.8, 4) is 5.75 Å². The molecule has 118 valence electrons. The van der Waals surface area contributed by atoms with Crippen LogP contribution in [0, 0.1) is 17.2 Å². The summed E-state index contributed by atoms with van der Waals surface area (Å²) in [5.41, 5.74) is 7.77. The summed E-state index contributed by atoms with van der Waals surface area (Å²) in [6.07, 6.45) is 6.89. The number of hydrogen-bond acceptors (Lipinski definition) is 2. The number of nitrogens with two attached hydrogens (primary N) is 1. The molecule has 0 spiro atoms. The molecule has 0 aliphatic heterocycles. The van der Waals surface area contributed by atoms with Crippen molar-refractivity contribution in [2.75, 3.05) is 7.11 Å². The van der Waals surface area contributed by atoms with Crippen LogP contribution in [0.2, 0.25) is 0 Å². The van der Waals surface area contributed by atoms with E-state index >= 15 is 0 Å². The highest BCUT2D eigenvalue weighted by molar-refractivity contribution is 5.30. The van der Waals surface area contributed by atoms with Crippen LogP contribution in [-0.2, 0) is 6.42 Å². The summed E-state index contributed by atoms with van der Waals surface area (Å²) in [6, 6.07) is 5.30. The van der Waals surface area contributed by atoms with E-state index < -0.39 is 0 Å². The van der Waals surface area contributed by atoms with Crippen LogP contribution in [0.25, 0.3) is 0 Å². The summed E-state index contributed by atoms with van der Waals surface area (Å²) in [5.74, 6) is 0.651. The van der Waals surface area contributed by atoms with Gasteiger partial charge in [-0.1, -0.05) is 32.8 Å². The maximum Gasteiger partial charge on any atom is 0.165 e. The van der Waals surface area contributed by atoms with E-state index in [0.29, 0.717) is 11.7 Å². The summed E-state index contributed by atoms with van der Waals surface area (Å²) in [5, 5.41) is 0. The lowest BCUT2D eigenvalue weighted by Crippen LogP contribution is -2.42. The van der Waals surface area contributed by atoms with Gasteiger partial charge in [0, 0.05) is 6.04 Å². The Morgan fingerprint density at radius 2 is 1.95 bits per heavy atom. The van der Waals surface area contributed by atoms with Crippen molar-refractivity contribution < 1.29 is 9.13 Å². The number of benzene rings is 1. The second-order valence-electron chi connectivity index (χ2n) is 6.95. The van der Waals surface area contributed by atoms with Crippen molar-refractivity contribution in [3.05, 3.63) is 29.6 Å². The molecule has 1 atom stereocenters. The van der Waals surface area contributed by atoms with Gasteiger partial charge in [0.1, 0.15) is 0 Å². The topological polar surface area (TPSA) is 35.2 Å². The van der Waals surface area contributed by atoms with Gasteiger partial charge in [-0.3, -0.25) is 0 Å². The summed E-state index contributed by atoms with van der Waals surface area (Å²) in [4.78, 5) is 0. The molecule has 0 amide bonds. The van der Waals surface area contributed by atoms with Gasteiger partial charge in [0.15, 0.2) is 11.6 Å². The highest BCUT2D eigenvalue weighted by Crippen LogP contribution is 2.46. The lowest BCUT2D eigenvalue weighted by atomic mass is 9.71. The van der Waals surface area contributed by atoms with E-state index in [9.17, 15) is 4.39 Å². The molecule has 2 rings (SSSR count). The molecule has 21 heavy (non-hydrogen) atoms. The van der Waals surface area contributed by atoms with Crippen molar-refractivity contribution >= 4 is 0 Å². The molecular weight excluding hydrogens is 265 g/mol. The van der Waals surface area contributed by atoms with E-state index in [0.717, 1.165) is 12.0 Å². The SMILES string of the molecule is COc1ccc(CC(N)C2(CC(C)C)CCCC2)cc1F. The Morgan fingerprint density at radius 3 is 2.48 bits per heavy atom. The predicted octanol–water partition coefficient (Wildman–Crippen LogP) is 4.31. The minimum Gasteiger partial charge on any atom is -0.494 e. The fourth-order valence-electron chi connectivity index (χ4n) is 3.93. The highest BCUT2D eigenvalue weighted by atomic mass is 19.1. The third-order valence-electron chi connectivity index (χ3n) is 4.87. The van der Waals surface area contributed by atoms with Crippen molar-refractivity contribution in [2.45, 2.75) is 58.4 Å². The van der Waals surface area contributed by atoms with Gasteiger partial charge in [-0.2, -0.15) is 0 Å². The monoisotopic (exact) mass is 293 g/mol. The summed E-state index contributed by atoms with van der Waals surface area (Å²) >= 11 is 0. The number of hydrogen-bond donors (Lipinski definition) is 1. The second kappa shape index (κ2) is 6.78. The van der Waals surface area contributed by atoms with Crippen molar-refractivity contribution in [3.63, 3.8) is 0 Å². The van der Waals surface area contributed by atoms with Crippen LogP contribution < -0.4 is 10.5 Å². The van der Waals surface area contributed by atoms with E-state index in [1.165, 1.54) is 39.2 Å². The smallest absolute Gasteiger partial charge is 0.165 e. The summed E-state index contributed by atoms with van der Waals surface area (Å²) in [7, 11) is 1.49. The Hall–Kier alpha value is -1.09. The normalized spacial score (nSPS) is 19.0. The number of ether oxygens (including phenoxy) is 1. The first-order valence-corrected chi connectivity index (χ1v) is 8.05. The molecule has 0 radical (unpaired) electrons. The van der Waals surface area contributed by atoms with Crippen LogP contribution in [0.4, 0.5) is 4.39 Å². The van der Waals surface area contributed by atoms with Gasteiger partial charge in [0.2, 0.25) is 0 Å². The molecule has 2 N–H and O–H groups in total. The predicted molar refractivity (Wildman–Crippen MR) is 85.0 cm³/mol. The summed E-state index contributed by atoms with van der Waals surface area (Å²) in [6.45, 7) is 4.53. The molecule has 1 aliphatic carbocycles. The molecule has 1 aromatic carbocycles. The Bertz CT molecular complexity index is 466. The molecule has 0 heterocycles. The van der Waals surface area contributed by atoms with E-state index in [1.807, 2.05) is 6.07 Å². The van der Waals surface area contributed by atoms with Gasteiger partial charge >= 0.3 is 0 Å². The Balaban J connectivity index is 2.11. The van der Waals surface area contributed by atoms with Gasteiger partial charge in [0.25, 0.3) is 0 Å². The highest BCUT2D eigenvalue weighted by Gasteiger charge is 2.39. The largest absolute Gasteiger partial charge is 0.494 e. The third kappa shape index (κ3) is 3.76. The number of rotatable bonds is 6. The zero-order valence-electron chi connectivity index (χ0n) is 13.5. The second-order valence-corrected chi connectivity index (χ2v) is 6.95. The lowest BCUT2D eigenvalue weighted by Gasteiger charge is -2.37. The van der Waals surface area contributed by atoms with Crippen LogP contribution >= 0.6 is 0 Å². The van der Waals surface area contributed by atoms with E-state index in [2.05, 4.69) is 13.8 Å². The van der Waals surface area contributed by atoms with Crippen LogP contribution in [0.5, 0.6) is 5.75 Å².